The molecule has 0 radical (unpaired) electrons. The van der Waals surface area contributed by atoms with Gasteiger partial charge in [-0.25, -0.2) is 0 Å². The summed E-state index contributed by atoms with van der Waals surface area (Å²) in [5, 5.41) is -0.233. The van der Waals surface area contributed by atoms with E-state index in [-0.39, 0.29) is 11.3 Å². The van der Waals surface area contributed by atoms with Crippen molar-refractivity contribution in [3.8, 4) is 0 Å². The highest BCUT2D eigenvalue weighted by Crippen LogP contribution is 2.21. The van der Waals surface area contributed by atoms with Crippen LogP contribution in [0.4, 0.5) is 0 Å². The highest BCUT2D eigenvalue weighted by Gasteiger charge is 2.17. The Balaban J connectivity index is 2.01. The van der Waals surface area contributed by atoms with Crippen molar-refractivity contribution in [3.63, 3.8) is 0 Å². The molecule has 2 atom stereocenters. The molecule has 2 unspecified atom stereocenters. The Labute approximate surface area is 120 Å². The monoisotopic (exact) mass is 294 g/mol. The first-order chi connectivity index (χ1) is 8.77. The number of halogens is 2. The molecule has 0 N–H and O–H groups in total. The lowest BCUT2D eigenvalue weighted by molar-refractivity contribution is -0.111. The summed E-state index contributed by atoms with van der Waals surface area (Å²) in [5.74, 6) is 0.225. The number of hydrogen-bond acceptors (Lipinski definition) is 2. The first-order valence-corrected chi connectivity index (χ1v) is 8.02. The maximum atomic E-state index is 10.8. The van der Waals surface area contributed by atoms with Crippen LogP contribution in [-0.2, 0) is 9.53 Å². The van der Waals surface area contributed by atoms with E-state index in [4.69, 9.17) is 27.9 Å². The second-order valence-electron chi connectivity index (χ2n) is 5.10. The summed E-state index contributed by atoms with van der Waals surface area (Å²) >= 11 is 11.6. The molecular formula is C14H24Cl2O2. The fourth-order valence-electron chi connectivity index (χ4n) is 2.41. The first kappa shape index (κ1) is 16.3. The molecular weight excluding hydrogens is 271 g/mol. The Morgan fingerprint density at radius 3 is 2.56 bits per heavy atom. The van der Waals surface area contributed by atoms with Gasteiger partial charge in [-0.2, -0.15) is 0 Å². The van der Waals surface area contributed by atoms with Crippen LogP contribution < -0.4 is 0 Å². The summed E-state index contributed by atoms with van der Waals surface area (Å²) in [6.45, 7) is 0.810. The summed E-state index contributed by atoms with van der Waals surface area (Å²) in [7, 11) is 0. The minimum absolute atomic E-state index is 0.112. The highest BCUT2D eigenvalue weighted by molar-refractivity contribution is 6.28. The van der Waals surface area contributed by atoms with Gasteiger partial charge in [0.1, 0.15) is 6.29 Å². The zero-order valence-corrected chi connectivity index (χ0v) is 12.5. The summed E-state index contributed by atoms with van der Waals surface area (Å²) in [4.78, 5) is 10.8. The normalized spacial score (nSPS) is 20.6. The van der Waals surface area contributed by atoms with Crippen molar-refractivity contribution in [2.75, 3.05) is 12.5 Å². The van der Waals surface area contributed by atoms with Gasteiger partial charge in [0.15, 0.2) is 0 Å². The maximum Gasteiger partial charge on any atom is 0.124 e. The molecule has 0 saturated heterocycles. The average molecular weight is 295 g/mol. The van der Waals surface area contributed by atoms with Crippen LogP contribution in [0, 0.1) is 5.92 Å². The highest BCUT2D eigenvalue weighted by atomic mass is 35.5. The minimum atomic E-state index is -0.233. The molecule has 4 heteroatoms. The number of aldehydes is 1. The van der Waals surface area contributed by atoms with E-state index in [0.29, 0.717) is 12.0 Å². The minimum Gasteiger partial charge on any atom is -0.378 e. The van der Waals surface area contributed by atoms with Crippen LogP contribution in [0.25, 0.3) is 0 Å². The van der Waals surface area contributed by atoms with Gasteiger partial charge in [-0.1, -0.05) is 25.7 Å². The van der Waals surface area contributed by atoms with Crippen molar-refractivity contribution in [3.05, 3.63) is 0 Å². The molecule has 1 aliphatic carbocycles. The van der Waals surface area contributed by atoms with Gasteiger partial charge in [-0.15, -0.1) is 23.2 Å². The van der Waals surface area contributed by atoms with E-state index >= 15 is 0 Å². The molecule has 0 aliphatic heterocycles. The second-order valence-corrected chi connectivity index (χ2v) is 5.97. The standard InChI is InChI=1S/C14H24Cl2O2/c15-10-14(16)12(11-17)6-4-5-9-18-13-7-2-1-3-8-13/h11-14H,1-10H2. The zero-order chi connectivity index (χ0) is 13.2. The number of unbranched alkanes of at least 4 members (excludes halogenated alkanes) is 1. The van der Waals surface area contributed by atoms with Gasteiger partial charge < -0.3 is 9.53 Å². The van der Waals surface area contributed by atoms with Crippen molar-refractivity contribution in [1.29, 1.82) is 0 Å². The van der Waals surface area contributed by atoms with Crippen molar-refractivity contribution in [2.24, 2.45) is 5.92 Å². The Morgan fingerprint density at radius 2 is 1.94 bits per heavy atom. The molecule has 1 fully saturated rings. The molecule has 1 rings (SSSR count). The van der Waals surface area contributed by atoms with Gasteiger partial charge in [0.25, 0.3) is 0 Å². The van der Waals surface area contributed by atoms with Crippen LogP contribution in [0.2, 0.25) is 0 Å². The molecule has 0 aromatic rings. The molecule has 1 saturated carbocycles. The Kier molecular flexibility index (Phi) is 9.08. The molecule has 1 aliphatic rings. The van der Waals surface area contributed by atoms with E-state index in [9.17, 15) is 4.79 Å². The number of carbonyl (C=O) groups excluding carboxylic acids is 1. The predicted molar refractivity (Wildman–Crippen MR) is 76.6 cm³/mol. The van der Waals surface area contributed by atoms with Crippen molar-refractivity contribution in [2.45, 2.75) is 62.8 Å². The zero-order valence-electron chi connectivity index (χ0n) is 11.0. The quantitative estimate of drug-likeness (QED) is 0.362. The third kappa shape index (κ3) is 6.40. The lowest BCUT2D eigenvalue weighted by Gasteiger charge is -2.22. The molecule has 106 valence electrons. The molecule has 0 aromatic heterocycles. The van der Waals surface area contributed by atoms with Crippen LogP contribution in [0.1, 0.15) is 51.4 Å². The molecule has 0 amide bonds. The van der Waals surface area contributed by atoms with E-state index in [1.807, 2.05) is 0 Å². The molecule has 18 heavy (non-hydrogen) atoms. The third-order valence-electron chi connectivity index (χ3n) is 3.62. The van der Waals surface area contributed by atoms with E-state index < -0.39 is 0 Å². The molecule has 0 spiro atoms. The molecule has 0 bridgehead atoms. The first-order valence-electron chi connectivity index (χ1n) is 7.05. The van der Waals surface area contributed by atoms with Crippen LogP contribution >= 0.6 is 23.2 Å². The van der Waals surface area contributed by atoms with Crippen LogP contribution in [0.5, 0.6) is 0 Å². The van der Waals surface area contributed by atoms with Crippen molar-refractivity contribution in [1.82, 2.24) is 0 Å². The number of hydrogen-bond donors (Lipinski definition) is 0. The van der Waals surface area contributed by atoms with E-state index in [1.165, 1.54) is 32.1 Å². The van der Waals surface area contributed by atoms with Crippen molar-refractivity contribution >= 4 is 29.5 Å². The van der Waals surface area contributed by atoms with Crippen LogP contribution in [0.3, 0.4) is 0 Å². The van der Waals surface area contributed by atoms with E-state index in [2.05, 4.69) is 0 Å². The van der Waals surface area contributed by atoms with Gasteiger partial charge in [-0.3, -0.25) is 0 Å². The lowest BCUT2D eigenvalue weighted by Crippen LogP contribution is -2.19. The lowest BCUT2D eigenvalue weighted by atomic mass is 9.97. The average Bonchev–Trinajstić information content (AvgIpc) is 2.43. The topological polar surface area (TPSA) is 26.3 Å². The smallest absolute Gasteiger partial charge is 0.124 e. The Bertz CT molecular complexity index is 218. The van der Waals surface area contributed by atoms with Crippen molar-refractivity contribution < 1.29 is 9.53 Å². The summed E-state index contributed by atoms with van der Waals surface area (Å²) in [6.07, 6.45) is 10.6. The van der Waals surface area contributed by atoms with Gasteiger partial charge in [0.05, 0.1) is 11.5 Å². The summed E-state index contributed by atoms with van der Waals surface area (Å²) < 4.78 is 5.84. The summed E-state index contributed by atoms with van der Waals surface area (Å²) in [5.41, 5.74) is 0. The fourth-order valence-corrected chi connectivity index (χ4v) is 2.83. The summed E-state index contributed by atoms with van der Waals surface area (Å²) in [6, 6.07) is 0. The molecule has 2 nitrogen and oxygen atoms in total. The maximum absolute atomic E-state index is 10.8. The molecule has 0 aromatic carbocycles. The van der Waals surface area contributed by atoms with E-state index in [0.717, 1.165) is 32.2 Å². The Morgan fingerprint density at radius 1 is 1.22 bits per heavy atom. The predicted octanol–water partition coefficient (Wildman–Crippen LogP) is 4.17. The Hall–Kier alpha value is 0.210. The van der Waals surface area contributed by atoms with Crippen LogP contribution in [-0.4, -0.2) is 30.3 Å². The molecule has 0 heterocycles. The SMILES string of the molecule is O=CC(CCCCOC1CCCCC1)C(Cl)CCl. The fraction of sp³-hybridized carbons (Fsp3) is 0.929. The number of alkyl halides is 2. The van der Waals surface area contributed by atoms with Crippen LogP contribution in [0.15, 0.2) is 0 Å². The third-order valence-corrected chi connectivity index (χ3v) is 4.59. The van der Waals surface area contributed by atoms with E-state index in [1.54, 1.807) is 0 Å². The van der Waals surface area contributed by atoms with Gasteiger partial charge in [0.2, 0.25) is 0 Å². The largest absolute Gasteiger partial charge is 0.378 e. The van der Waals surface area contributed by atoms with Gasteiger partial charge >= 0.3 is 0 Å². The number of rotatable bonds is 9. The van der Waals surface area contributed by atoms with Gasteiger partial charge in [-0.05, 0) is 25.7 Å². The van der Waals surface area contributed by atoms with Gasteiger partial charge in [0, 0.05) is 18.4 Å². The number of carbonyl (C=O) groups is 1. The second kappa shape index (κ2) is 10.1. The number of ether oxygens (including phenoxy) is 1.